The summed E-state index contributed by atoms with van der Waals surface area (Å²) in [6, 6.07) is 4.31. The third-order valence-corrected chi connectivity index (χ3v) is 2.26. The Hall–Kier alpha value is -1.84. The quantitative estimate of drug-likeness (QED) is 0.748. The van der Waals surface area contributed by atoms with E-state index in [1.54, 1.807) is 17.0 Å². The van der Waals surface area contributed by atoms with Crippen LogP contribution in [-0.4, -0.2) is 19.0 Å². The smallest absolute Gasteiger partial charge is 0.243 e. The maximum absolute atomic E-state index is 13.0. The van der Waals surface area contributed by atoms with Gasteiger partial charge in [0.05, 0.1) is 17.9 Å². The van der Waals surface area contributed by atoms with Crippen LogP contribution < -0.4 is 10.2 Å². The normalized spacial score (nSPS) is 14.5. The van der Waals surface area contributed by atoms with Gasteiger partial charge >= 0.3 is 0 Å². The molecule has 1 aromatic rings. The van der Waals surface area contributed by atoms with Gasteiger partial charge in [0.2, 0.25) is 5.91 Å². The van der Waals surface area contributed by atoms with Crippen molar-refractivity contribution in [1.82, 2.24) is 0 Å². The third-order valence-electron chi connectivity index (χ3n) is 2.26. The van der Waals surface area contributed by atoms with Crippen molar-refractivity contribution in [3.63, 3.8) is 0 Å². The second-order valence-electron chi connectivity index (χ2n) is 3.38. The molecule has 0 atom stereocenters. The van der Waals surface area contributed by atoms with E-state index in [9.17, 15) is 9.18 Å². The van der Waals surface area contributed by atoms with E-state index in [0.29, 0.717) is 17.9 Å². The van der Waals surface area contributed by atoms with Gasteiger partial charge in [0.15, 0.2) is 0 Å². The van der Waals surface area contributed by atoms with E-state index in [0.717, 1.165) is 0 Å². The highest BCUT2D eigenvalue weighted by molar-refractivity contribution is 6.01. The topological polar surface area (TPSA) is 32.3 Å². The van der Waals surface area contributed by atoms with E-state index in [4.69, 9.17) is 0 Å². The highest BCUT2D eigenvalue weighted by Gasteiger charge is 2.21. The molecule has 0 saturated carbocycles. The van der Waals surface area contributed by atoms with Crippen LogP contribution in [0.1, 0.15) is 0 Å². The van der Waals surface area contributed by atoms with Crippen molar-refractivity contribution in [1.29, 1.82) is 0 Å². The van der Waals surface area contributed by atoms with Crippen molar-refractivity contribution in [3.8, 4) is 0 Å². The van der Waals surface area contributed by atoms with E-state index in [1.165, 1.54) is 12.1 Å². The Morgan fingerprint density at radius 3 is 3.13 bits per heavy atom. The minimum Gasteiger partial charge on any atom is -0.357 e. The van der Waals surface area contributed by atoms with Gasteiger partial charge in [-0.1, -0.05) is 6.08 Å². The third kappa shape index (κ3) is 1.83. The molecule has 0 unspecified atom stereocenters. The fourth-order valence-corrected chi connectivity index (χ4v) is 1.64. The molecule has 3 nitrogen and oxygen atoms in total. The zero-order valence-electron chi connectivity index (χ0n) is 8.16. The van der Waals surface area contributed by atoms with Crippen molar-refractivity contribution >= 4 is 17.3 Å². The summed E-state index contributed by atoms with van der Waals surface area (Å²) < 4.78 is 13.0. The first-order chi connectivity index (χ1) is 7.20. The summed E-state index contributed by atoms with van der Waals surface area (Å²) in [6.45, 7) is 4.38. The van der Waals surface area contributed by atoms with Crippen molar-refractivity contribution in [3.05, 3.63) is 36.7 Å². The molecule has 0 spiro atoms. The summed E-state index contributed by atoms with van der Waals surface area (Å²) in [6.07, 6.45) is 1.69. The lowest BCUT2D eigenvalue weighted by Crippen LogP contribution is -2.38. The molecule has 0 saturated heterocycles. The predicted molar refractivity (Wildman–Crippen MR) is 57.4 cm³/mol. The summed E-state index contributed by atoms with van der Waals surface area (Å²) in [5.74, 6) is -0.394. The second-order valence-corrected chi connectivity index (χ2v) is 3.38. The lowest BCUT2D eigenvalue weighted by molar-refractivity contribution is -0.115. The number of hydrogen-bond acceptors (Lipinski definition) is 2. The van der Waals surface area contributed by atoms with E-state index < -0.39 is 0 Å². The fourth-order valence-electron chi connectivity index (χ4n) is 1.64. The molecule has 2 rings (SSSR count). The van der Waals surface area contributed by atoms with Gasteiger partial charge in [0.25, 0.3) is 0 Å². The Labute approximate surface area is 87.2 Å². The summed E-state index contributed by atoms with van der Waals surface area (Å²) in [4.78, 5) is 13.1. The van der Waals surface area contributed by atoms with Crippen LogP contribution in [0, 0.1) is 5.82 Å². The highest BCUT2D eigenvalue weighted by Crippen LogP contribution is 2.29. The number of halogens is 1. The predicted octanol–water partition coefficient (Wildman–Crippen LogP) is 1.77. The summed E-state index contributed by atoms with van der Waals surface area (Å²) in [5.41, 5.74) is 1.35. The number of rotatable bonds is 2. The first-order valence-corrected chi connectivity index (χ1v) is 4.66. The average molecular weight is 206 g/mol. The van der Waals surface area contributed by atoms with Crippen LogP contribution in [0.4, 0.5) is 15.8 Å². The molecular formula is C11H11FN2O. The van der Waals surface area contributed by atoms with E-state index in [-0.39, 0.29) is 18.3 Å². The molecule has 0 bridgehead atoms. The Bertz CT molecular complexity index is 417. The van der Waals surface area contributed by atoms with Crippen molar-refractivity contribution in [2.24, 2.45) is 0 Å². The molecule has 1 aromatic carbocycles. The average Bonchev–Trinajstić information content (AvgIpc) is 2.19. The molecule has 1 aliphatic rings. The zero-order chi connectivity index (χ0) is 10.8. The highest BCUT2D eigenvalue weighted by atomic mass is 19.1. The molecular weight excluding hydrogens is 195 g/mol. The van der Waals surface area contributed by atoms with Crippen molar-refractivity contribution in [2.45, 2.75) is 0 Å². The molecule has 1 aliphatic heterocycles. The summed E-state index contributed by atoms with van der Waals surface area (Å²) in [5, 5.41) is 2.69. The van der Waals surface area contributed by atoms with Gasteiger partial charge in [-0.05, 0) is 18.2 Å². The maximum Gasteiger partial charge on any atom is 0.243 e. The van der Waals surface area contributed by atoms with Gasteiger partial charge in [-0.3, -0.25) is 4.79 Å². The van der Waals surface area contributed by atoms with Crippen LogP contribution in [0.25, 0.3) is 0 Å². The zero-order valence-corrected chi connectivity index (χ0v) is 8.16. The number of carbonyl (C=O) groups excluding carboxylic acids is 1. The number of nitrogens with one attached hydrogen (secondary N) is 1. The lowest BCUT2D eigenvalue weighted by atomic mass is 10.2. The fraction of sp³-hybridized carbons (Fsp3) is 0.182. The van der Waals surface area contributed by atoms with Gasteiger partial charge in [0, 0.05) is 6.54 Å². The SMILES string of the molecule is C=CCN1CC(=O)Nc2ccc(F)cc21. The van der Waals surface area contributed by atoms with E-state index >= 15 is 0 Å². The minimum absolute atomic E-state index is 0.0871. The van der Waals surface area contributed by atoms with Gasteiger partial charge < -0.3 is 10.2 Å². The van der Waals surface area contributed by atoms with Crippen LogP contribution in [0.2, 0.25) is 0 Å². The number of carbonyl (C=O) groups is 1. The summed E-state index contributed by atoms with van der Waals surface area (Å²) >= 11 is 0. The Balaban J connectivity index is 2.42. The van der Waals surface area contributed by atoms with Crippen LogP contribution in [0.15, 0.2) is 30.9 Å². The lowest BCUT2D eigenvalue weighted by Gasteiger charge is -2.29. The molecule has 78 valence electrons. The van der Waals surface area contributed by atoms with Crippen LogP contribution >= 0.6 is 0 Å². The molecule has 0 fully saturated rings. The number of fused-ring (bicyclic) bond motifs is 1. The van der Waals surface area contributed by atoms with E-state index in [2.05, 4.69) is 11.9 Å². The number of benzene rings is 1. The molecule has 1 amide bonds. The first kappa shape index (κ1) is 9.71. The Kier molecular flexibility index (Phi) is 2.41. The minimum atomic E-state index is -0.307. The Morgan fingerprint density at radius 2 is 2.40 bits per heavy atom. The van der Waals surface area contributed by atoms with Crippen molar-refractivity contribution in [2.75, 3.05) is 23.3 Å². The maximum atomic E-state index is 13.0. The van der Waals surface area contributed by atoms with Gasteiger partial charge in [-0.2, -0.15) is 0 Å². The first-order valence-electron chi connectivity index (χ1n) is 4.66. The van der Waals surface area contributed by atoms with Gasteiger partial charge in [-0.15, -0.1) is 6.58 Å². The van der Waals surface area contributed by atoms with E-state index in [1.807, 2.05) is 0 Å². The number of hydrogen-bond donors (Lipinski definition) is 1. The van der Waals surface area contributed by atoms with Gasteiger partial charge in [0.1, 0.15) is 5.82 Å². The van der Waals surface area contributed by atoms with Crippen LogP contribution in [-0.2, 0) is 4.79 Å². The van der Waals surface area contributed by atoms with Crippen molar-refractivity contribution < 1.29 is 9.18 Å². The number of amides is 1. The largest absolute Gasteiger partial charge is 0.357 e. The van der Waals surface area contributed by atoms with Gasteiger partial charge in [-0.25, -0.2) is 4.39 Å². The number of nitrogens with zero attached hydrogens (tertiary/aromatic N) is 1. The van der Waals surface area contributed by atoms with Crippen LogP contribution in [0.5, 0.6) is 0 Å². The molecule has 0 aromatic heterocycles. The number of anilines is 2. The molecule has 0 radical (unpaired) electrons. The molecule has 1 heterocycles. The standard InChI is InChI=1S/C11H11FN2O/c1-2-5-14-7-11(15)13-9-4-3-8(12)6-10(9)14/h2-4,6H,1,5,7H2,(H,13,15). The molecule has 1 N–H and O–H groups in total. The second kappa shape index (κ2) is 3.73. The Morgan fingerprint density at radius 1 is 1.60 bits per heavy atom. The summed E-state index contributed by atoms with van der Waals surface area (Å²) in [7, 11) is 0. The van der Waals surface area contributed by atoms with Crippen LogP contribution in [0.3, 0.4) is 0 Å². The molecule has 4 heteroatoms. The molecule has 15 heavy (non-hydrogen) atoms. The molecule has 0 aliphatic carbocycles. The monoisotopic (exact) mass is 206 g/mol.